The fraction of sp³-hybridized carbons (Fsp3) is 0.500. The summed E-state index contributed by atoms with van der Waals surface area (Å²) in [5.41, 5.74) is 8.71. The third-order valence-corrected chi connectivity index (χ3v) is 3.17. The summed E-state index contributed by atoms with van der Waals surface area (Å²) in [6.45, 7) is 5.32. The predicted molar refractivity (Wildman–Crippen MR) is 71.8 cm³/mol. The van der Waals surface area contributed by atoms with Crippen LogP contribution < -0.4 is 10.6 Å². The molecule has 1 aliphatic heterocycles. The normalized spacial score (nSPS) is 19.8. The fourth-order valence-electron chi connectivity index (χ4n) is 2.36. The maximum Gasteiger partial charge on any atom is 0.414 e. The molecular weight excluding hydrogens is 228 g/mol. The Morgan fingerprint density at radius 3 is 2.56 bits per heavy atom. The lowest BCUT2D eigenvalue weighted by Gasteiger charge is -2.32. The highest BCUT2D eigenvalue weighted by atomic mass is 16.6. The van der Waals surface area contributed by atoms with Crippen molar-refractivity contribution in [3.63, 3.8) is 0 Å². The summed E-state index contributed by atoms with van der Waals surface area (Å²) in [5, 5.41) is 0. The maximum atomic E-state index is 12.0. The van der Waals surface area contributed by atoms with Crippen LogP contribution in [0.3, 0.4) is 0 Å². The van der Waals surface area contributed by atoms with Crippen molar-refractivity contribution in [2.24, 2.45) is 5.73 Å². The first-order chi connectivity index (χ1) is 8.60. The summed E-state index contributed by atoms with van der Waals surface area (Å²) in [4.78, 5) is 13.7. The van der Waals surface area contributed by atoms with Gasteiger partial charge in [0.05, 0.1) is 0 Å². The van der Waals surface area contributed by atoms with Crippen molar-refractivity contribution in [2.45, 2.75) is 32.8 Å². The van der Waals surface area contributed by atoms with Gasteiger partial charge >= 0.3 is 6.09 Å². The molecule has 2 N–H and O–H groups in total. The van der Waals surface area contributed by atoms with Crippen molar-refractivity contribution in [1.29, 1.82) is 0 Å². The molecule has 0 spiro atoms. The van der Waals surface area contributed by atoms with Crippen LogP contribution in [-0.4, -0.2) is 25.3 Å². The smallest absolute Gasteiger partial charge is 0.414 e. The molecule has 2 rings (SSSR count). The molecule has 1 atom stereocenters. The second-order valence-electron chi connectivity index (χ2n) is 4.87. The maximum absolute atomic E-state index is 12.0. The Kier molecular flexibility index (Phi) is 3.87. The van der Waals surface area contributed by atoms with Crippen molar-refractivity contribution in [3.05, 3.63) is 29.3 Å². The standard InChI is InChI=1S/C14H20N2O2/c1-10-7-11(2)9-12(8-10)16-6-4-13(3-5-15)18-14(16)17/h7-9,13H,3-6,15H2,1-2H3. The molecule has 0 bridgehead atoms. The van der Waals surface area contributed by atoms with Crippen LogP contribution in [0.4, 0.5) is 10.5 Å². The van der Waals surface area contributed by atoms with E-state index in [9.17, 15) is 4.79 Å². The highest BCUT2D eigenvalue weighted by Crippen LogP contribution is 2.24. The van der Waals surface area contributed by atoms with Crippen molar-refractivity contribution < 1.29 is 9.53 Å². The minimum atomic E-state index is -0.260. The number of rotatable bonds is 3. The van der Waals surface area contributed by atoms with Crippen LogP contribution >= 0.6 is 0 Å². The van der Waals surface area contributed by atoms with Crippen LogP contribution in [0.2, 0.25) is 0 Å². The number of nitrogens with two attached hydrogens (primary N) is 1. The number of amides is 1. The van der Waals surface area contributed by atoms with Crippen molar-refractivity contribution in [2.75, 3.05) is 18.0 Å². The van der Waals surface area contributed by atoms with Crippen molar-refractivity contribution >= 4 is 11.8 Å². The molecule has 98 valence electrons. The zero-order chi connectivity index (χ0) is 13.1. The second kappa shape index (κ2) is 5.40. The predicted octanol–water partition coefficient (Wildman–Crippen LogP) is 2.37. The van der Waals surface area contributed by atoms with Gasteiger partial charge in [0.15, 0.2) is 0 Å². The molecule has 0 aromatic heterocycles. The highest BCUT2D eigenvalue weighted by Gasteiger charge is 2.27. The molecule has 1 heterocycles. The number of aryl methyl sites for hydroxylation is 2. The van der Waals surface area contributed by atoms with E-state index in [4.69, 9.17) is 10.5 Å². The summed E-state index contributed by atoms with van der Waals surface area (Å²) >= 11 is 0. The van der Waals surface area contributed by atoms with Crippen LogP contribution in [0.5, 0.6) is 0 Å². The second-order valence-corrected chi connectivity index (χ2v) is 4.87. The van der Waals surface area contributed by atoms with Crippen LogP contribution in [0.1, 0.15) is 24.0 Å². The molecule has 0 aliphatic carbocycles. The highest BCUT2D eigenvalue weighted by molar-refractivity contribution is 5.88. The Morgan fingerprint density at radius 2 is 2.00 bits per heavy atom. The molecule has 1 aromatic carbocycles. The van der Waals surface area contributed by atoms with Crippen LogP contribution in [-0.2, 0) is 4.74 Å². The Balaban J connectivity index is 2.13. The quantitative estimate of drug-likeness (QED) is 0.893. The molecule has 0 saturated carbocycles. The number of carbonyl (C=O) groups is 1. The number of hydrogen-bond acceptors (Lipinski definition) is 3. The first-order valence-corrected chi connectivity index (χ1v) is 6.36. The van der Waals surface area contributed by atoms with E-state index in [0.29, 0.717) is 13.1 Å². The Bertz CT molecular complexity index is 425. The molecule has 1 aromatic rings. The Hall–Kier alpha value is -1.55. The van der Waals surface area contributed by atoms with Gasteiger partial charge in [-0.05, 0) is 50.1 Å². The van der Waals surface area contributed by atoms with Gasteiger partial charge in [-0.25, -0.2) is 4.79 Å². The first-order valence-electron chi connectivity index (χ1n) is 6.36. The van der Waals surface area contributed by atoms with E-state index in [1.165, 1.54) is 0 Å². The zero-order valence-corrected chi connectivity index (χ0v) is 11.0. The van der Waals surface area contributed by atoms with Gasteiger partial charge < -0.3 is 10.5 Å². The molecule has 1 aliphatic rings. The fourth-order valence-corrected chi connectivity index (χ4v) is 2.36. The molecule has 1 unspecified atom stereocenters. The monoisotopic (exact) mass is 248 g/mol. The molecular formula is C14H20N2O2. The van der Waals surface area contributed by atoms with E-state index in [2.05, 4.69) is 6.07 Å². The number of nitrogens with zero attached hydrogens (tertiary/aromatic N) is 1. The number of carbonyl (C=O) groups excluding carboxylic acids is 1. The molecule has 1 amide bonds. The molecule has 0 radical (unpaired) electrons. The van der Waals surface area contributed by atoms with Gasteiger partial charge in [-0.15, -0.1) is 0 Å². The first kappa shape index (κ1) is 12.9. The number of cyclic esters (lactones) is 1. The van der Waals surface area contributed by atoms with Crippen LogP contribution in [0.25, 0.3) is 0 Å². The molecule has 4 heteroatoms. The van der Waals surface area contributed by atoms with E-state index in [1.807, 2.05) is 26.0 Å². The van der Waals surface area contributed by atoms with Crippen LogP contribution in [0.15, 0.2) is 18.2 Å². The van der Waals surface area contributed by atoms with E-state index in [1.54, 1.807) is 4.90 Å². The lowest BCUT2D eigenvalue weighted by Crippen LogP contribution is -2.42. The summed E-state index contributed by atoms with van der Waals surface area (Å²) in [5.74, 6) is 0. The van der Waals surface area contributed by atoms with Crippen molar-refractivity contribution in [3.8, 4) is 0 Å². The average Bonchev–Trinajstić information content (AvgIpc) is 2.28. The van der Waals surface area contributed by atoms with E-state index in [0.717, 1.165) is 29.7 Å². The lowest BCUT2D eigenvalue weighted by atomic mass is 10.1. The zero-order valence-electron chi connectivity index (χ0n) is 11.0. The molecule has 1 saturated heterocycles. The minimum Gasteiger partial charge on any atom is -0.446 e. The van der Waals surface area contributed by atoms with Crippen LogP contribution in [0, 0.1) is 13.8 Å². The van der Waals surface area contributed by atoms with Gasteiger partial charge in [0, 0.05) is 18.7 Å². The summed E-state index contributed by atoms with van der Waals surface area (Å²) in [6, 6.07) is 6.12. The van der Waals surface area contributed by atoms with Gasteiger partial charge in [-0.3, -0.25) is 4.90 Å². The number of anilines is 1. The van der Waals surface area contributed by atoms with Gasteiger partial charge in [0.2, 0.25) is 0 Å². The van der Waals surface area contributed by atoms with Gasteiger partial charge in [0.1, 0.15) is 6.10 Å². The van der Waals surface area contributed by atoms with E-state index >= 15 is 0 Å². The largest absolute Gasteiger partial charge is 0.446 e. The van der Waals surface area contributed by atoms with Crippen molar-refractivity contribution in [1.82, 2.24) is 0 Å². The lowest BCUT2D eigenvalue weighted by molar-refractivity contribution is 0.0807. The average molecular weight is 248 g/mol. The number of hydrogen-bond donors (Lipinski definition) is 1. The molecule has 4 nitrogen and oxygen atoms in total. The molecule has 1 fully saturated rings. The van der Waals surface area contributed by atoms with Gasteiger partial charge in [-0.2, -0.15) is 0 Å². The Labute approximate surface area is 108 Å². The third kappa shape index (κ3) is 2.82. The summed E-state index contributed by atoms with van der Waals surface area (Å²) < 4.78 is 5.38. The number of ether oxygens (including phenoxy) is 1. The topological polar surface area (TPSA) is 55.6 Å². The number of benzene rings is 1. The van der Waals surface area contributed by atoms with E-state index in [-0.39, 0.29) is 12.2 Å². The summed E-state index contributed by atoms with van der Waals surface area (Å²) in [6.07, 6.45) is 1.30. The SMILES string of the molecule is Cc1cc(C)cc(N2CCC(CCN)OC2=O)c1. The minimum absolute atomic E-state index is 0.0235. The van der Waals surface area contributed by atoms with E-state index < -0.39 is 0 Å². The Morgan fingerprint density at radius 1 is 1.33 bits per heavy atom. The van der Waals surface area contributed by atoms with Gasteiger partial charge in [-0.1, -0.05) is 6.07 Å². The summed E-state index contributed by atoms with van der Waals surface area (Å²) in [7, 11) is 0. The third-order valence-electron chi connectivity index (χ3n) is 3.17. The molecule has 18 heavy (non-hydrogen) atoms. The van der Waals surface area contributed by atoms with Gasteiger partial charge in [0.25, 0.3) is 0 Å².